The molecule has 5 heteroatoms. The summed E-state index contributed by atoms with van der Waals surface area (Å²) >= 11 is 12.2. The van der Waals surface area contributed by atoms with Crippen molar-refractivity contribution in [2.45, 2.75) is 51.0 Å². The highest BCUT2D eigenvalue weighted by atomic mass is 35.5. The van der Waals surface area contributed by atoms with Gasteiger partial charge in [0.1, 0.15) is 5.69 Å². The average molecular weight is 339 g/mol. The van der Waals surface area contributed by atoms with Gasteiger partial charge in [-0.05, 0) is 31.0 Å². The molecule has 0 radical (unpaired) electrons. The average Bonchev–Trinajstić information content (AvgIpc) is 2.85. The standard InChI is InChI=1S/C17H20Cl2N2O/c18-11-8-14(19)13-10-16(21-15(13)9-11)17(22)20-12-6-4-2-1-3-5-7-12/h8-10,12,21H,1-7H2,(H,20,22). The Morgan fingerprint density at radius 2 is 1.73 bits per heavy atom. The Bertz CT molecular complexity index is 673. The van der Waals surface area contributed by atoms with Gasteiger partial charge in [-0.1, -0.05) is 55.3 Å². The number of benzene rings is 1. The van der Waals surface area contributed by atoms with Gasteiger partial charge in [-0.3, -0.25) is 4.79 Å². The normalized spacial score (nSPS) is 17.2. The lowest BCUT2D eigenvalue weighted by Crippen LogP contribution is -2.35. The van der Waals surface area contributed by atoms with Crippen LogP contribution in [0.15, 0.2) is 18.2 Å². The lowest BCUT2D eigenvalue weighted by atomic mass is 9.96. The number of aromatic nitrogens is 1. The van der Waals surface area contributed by atoms with Gasteiger partial charge in [0.15, 0.2) is 0 Å². The maximum atomic E-state index is 12.5. The molecule has 2 aromatic rings. The van der Waals surface area contributed by atoms with Gasteiger partial charge in [0.05, 0.1) is 5.02 Å². The maximum Gasteiger partial charge on any atom is 0.267 e. The second-order valence-electron chi connectivity index (χ2n) is 6.05. The van der Waals surface area contributed by atoms with E-state index in [1.54, 1.807) is 18.2 Å². The Hall–Kier alpha value is -1.19. The summed E-state index contributed by atoms with van der Waals surface area (Å²) < 4.78 is 0. The van der Waals surface area contributed by atoms with Crippen LogP contribution in [0, 0.1) is 0 Å². The smallest absolute Gasteiger partial charge is 0.267 e. The zero-order valence-electron chi connectivity index (χ0n) is 12.4. The highest BCUT2D eigenvalue weighted by Crippen LogP contribution is 2.28. The number of H-pyrrole nitrogens is 1. The van der Waals surface area contributed by atoms with Crippen molar-refractivity contribution in [1.29, 1.82) is 0 Å². The summed E-state index contributed by atoms with van der Waals surface area (Å²) in [4.78, 5) is 15.6. The van der Waals surface area contributed by atoms with Crippen LogP contribution in [0.1, 0.15) is 55.4 Å². The van der Waals surface area contributed by atoms with E-state index in [2.05, 4.69) is 10.3 Å². The highest BCUT2D eigenvalue weighted by molar-refractivity contribution is 6.38. The van der Waals surface area contributed by atoms with Gasteiger partial charge in [-0.2, -0.15) is 0 Å². The van der Waals surface area contributed by atoms with Crippen LogP contribution < -0.4 is 5.32 Å². The summed E-state index contributed by atoms with van der Waals surface area (Å²) in [5.41, 5.74) is 1.33. The highest BCUT2D eigenvalue weighted by Gasteiger charge is 2.17. The third-order valence-electron chi connectivity index (χ3n) is 4.34. The number of aromatic amines is 1. The number of amides is 1. The molecule has 0 unspecified atom stereocenters. The van der Waals surface area contributed by atoms with Gasteiger partial charge in [-0.15, -0.1) is 0 Å². The minimum Gasteiger partial charge on any atom is -0.350 e. The van der Waals surface area contributed by atoms with Crippen LogP contribution in [0.2, 0.25) is 10.0 Å². The Morgan fingerprint density at radius 3 is 2.45 bits per heavy atom. The molecule has 1 aliphatic carbocycles. The van der Waals surface area contributed by atoms with Crippen molar-refractivity contribution < 1.29 is 4.79 Å². The number of hydrogen-bond acceptors (Lipinski definition) is 1. The van der Waals surface area contributed by atoms with Crippen LogP contribution in [0.5, 0.6) is 0 Å². The number of rotatable bonds is 2. The largest absolute Gasteiger partial charge is 0.350 e. The monoisotopic (exact) mass is 338 g/mol. The molecule has 0 atom stereocenters. The number of nitrogens with one attached hydrogen (secondary N) is 2. The lowest BCUT2D eigenvalue weighted by molar-refractivity contribution is 0.0926. The summed E-state index contributed by atoms with van der Waals surface area (Å²) in [6.07, 6.45) is 8.39. The Morgan fingerprint density at radius 1 is 1.05 bits per heavy atom. The van der Waals surface area contributed by atoms with Crippen LogP contribution in [-0.2, 0) is 0 Å². The summed E-state index contributed by atoms with van der Waals surface area (Å²) in [6, 6.07) is 5.55. The molecule has 1 amide bonds. The van der Waals surface area contributed by atoms with Gasteiger partial charge in [0.2, 0.25) is 0 Å². The third-order valence-corrected chi connectivity index (χ3v) is 4.87. The summed E-state index contributed by atoms with van der Waals surface area (Å²) in [6.45, 7) is 0. The Labute approximate surface area is 140 Å². The first kappa shape index (κ1) is 15.7. The van der Waals surface area contributed by atoms with Crippen molar-refractivity contribution in [2.75, 3.05) is 0 Å². The van der Waals surface area contributed by atoms with E-state index in [1.807, 2.05) is 0 Å². The molecular formula is C17H20Cl2N2O. The van der Waals surface area contributed by atoms with Crippen molar-refractivity contribution in [1.82, 2.24) is 10.3 Å². The van der Waals surface area contributed by atoms with Gasteiger partial charge < -0.3 is 10.3 Å². The summed E-state index contributed by atoms with van der Waals surface area (Å²) in [5.74, 6) is -0.0611. The Balaban J connectivity index is 1.75. The summed E-state index contributed by atoms with van der Waals surface area (Å²) in [5, 5.41) is 5.10. The van der Waals surface area contributed by atoms with Gasteiger partial charge in [0.25, 0.3) is 5.91 Å². The van der Waals surface area contributed by atoms with Crippen molar-refractivity contribution >= 4 is 40.0 Å². The van der Waals surface area contributed by atoms with Crippen molar-refractivity contribution in [3.8, 4) is 0 Å². The fourth-order valence-corrected chi connectivity index (χ4v) is 3.69. The van der Waals surface area contributed by atoms with Gasteiger partial charge in [-0.25, -0.2) is 0 Å². The molecule has 0 bridgehead atoms. The van der Waals surface area contributed by atoms with E-state index < -0.39 is 0 Å². The van der Waals surface area contributed by atoms with E-state index in [0.717, 1.165) is 23.7 Å². The predicted octanol–water partition coefficient (Wildman–Crippen LogP) is 5.32. The van der Waals surface area contributed by atoms with Crippen molar-refractivity contribution in [2.24, 2.45) is 0 Å². The number of carbonyl (C=O) groups is 1. The van der Waals surface area contributed by atoms with Gasteiger partial charge >= 0.3 is 0 Å². The molecule has 1 aromatic heterocycles. The van der Waals surface area contributed by atoms with Crippen LogP contribution in [0.3, 0.4) is 0 Å². The summed E-state index contributed by atoms with van der Waals surface area (Å²) in [7, 11) is 0. The molecule has 1 heterocycles. The zero-order valence-corrected chi connectivity index (χ0v) is 13.9. The quantitative estimate of drug-likeness (QED) is 0.764. The molecule has 22 heavy (non-hydrogen) atoms. The Kier molecular flexibility index (Phi) is 4.94. The molecular weight excluding hydrogens is 319 g/mol. The number of hydrogen-bond donors (Lipinski definition) is 2. The van der Waals surface area contributed by atoms with Crippen molar-refractivity contribution in [3.63, 3.8) is 0 Å². The van der Waals surface area contributed by atoms with Crippen molar-refractivity contribution in [3.05, 3.63) is 33.9 Å². The molecule has 1 saturated carbocycles. The number of halogens is 2. The molecule has 1 fully saturated rings. The molecule has 118 valence electrons. The van der Waals surface area contributed by atoms with E-state index in [4.69, 9.17) is 23.2 Å². The molecule has 2 N–H and O–H groups in total. The van der Waals surface area contributed by atoms with Crippen LogP contribution in [0.4, 0.5) is 0 Å². The van der Waals surface area contributed by atoms with E-state index in [1.165, 1.54) is 32.1 Å². The number of fused-ring (bicyclic) bond motifs is 1. The van der Waals surface area contributed by atoms with Crippen LogP contribution in [-0.4, -0.2) is 16.9 Å². The fraction of sp³-hybridized carbons (Fsp3) is 0.471. The first-order valence-corrected chi connectivity index (χ1v) is 8.68. The molecule has 0 aliphatic heterocycles. The van der Waals surface area contributed by atoms with E-state index in [-0.39, 0.29) is 11.9 Å². The molecule has 0 spiro atoms. The zero-order chi connectivity index (χ0) is 15.5. The first-order valence-electron chi connectivity index (χ1n) is 7.92. The van der Waals surface area contributed by atoms with Crippen LogP contribution in [0.25, 0.3) is 10.9 Å². The molecule has 1 aromatic carbocycles. The van der Waals surface area contributed by atoms with E-state index >= 15 is 0 Å². The second-order valence-corrected chi connectivity index (χ2v) is 6.89. The molecule has 0 saturated heterocycles. The molecule has 1 aliphatic rings. The van der Waals surface area contributed by atoms with Crippen LogP contribution >= 0.6 is 23.2 Å². The molecule has 3 nitrogen and oxygen atoms in total. The first-order chi connectivity index (χ1) is 10.6. The van der Waals surface area contributed by atoms with E-state index in [0.29, 0.717) is 15.7 Å². The molecule has 3 rings (SSSR count). The second kappa shape index (κ2) is 6.93. The predicted molar refractivity (Wildman–Crippen MR) is 91.9 cm³/mol. The lowest BCUT2D eigenvalue weighted by Gasteiger charge is -2.20. The minimum absolute atomic E-state index is 0.0611. The third kappa shape index (κ3) is 3.58. The number of carbonyl (C=O) groups excluding carboxylic acids is 1. The topological polar surface area (TPSA) is 44.9 Å². The maximum absolute atomic E-state index is 12.5. The fourth-order valence-electron chi connectivity index (χ4n) is 3.15. The van der Waals surface area contributed by atoms with Gasteiger partial charge in [0, 0.05) is 22.0 Å². The minimum atomic E-state index is -0.0611. The van der Waals surface area contributed by atoms with E-state index in [9.17, 15) is 4.79 Å². The SMILES string of the molecule is O=C(NC1CCCCCCC1)c1cc2c(Cl)cc(Cl)cc2[nH]1.